The molecule has 1 saturated carbocycles. The quantitative estimate of drug-likeness (QED) is 0.427. The van der Waals surface area contributed by atoms with E-state index in [4.69, 9.17) is 0 Å². The fourth-order valence-corrected chi connectivity index (χ4v) is 7.91. The molecule has 2 amide bonds. The van der Waals surface area contributed by atoms with Crippen molar-refractivity contribution in [1.29, 1.82) is 5.26 Å². The van der Waals surface area contributed by atoms with Crippen molar-refractivity contribution in [3.05, 3.63) is 29.8 Å². The minimum absolute atomic E-state index is 0.379. The average Bonchev–Trinajstić information content (AvgIpc) is 3.10. The van der Waals surface area contributed by atoms with Gasteiger partial charge in [-0.3, -0.25) is 9.59 Å². The number of aliphatic carboxylic acids is 1. The van der Waals surface area contributed by atoms with Crippen molar-refractivity contribution in [1.82, 2.24) is 10.2 Å². The Kier molecular flexibility index (Phi) is 6.94. The number of carbonyl (C=O) groups excluding carboxylic acids is 2. The Bertz CT molecular complexity index is 1020. The molecular formula is C25H31N3O4S2. The first-order valence-electron chi connectivity index (χ1n) is 11.9. The van der Waals surface area contributed by atoms with E-state index >= 15 is 0 Å². The lowest BCUT2D eigenvalue weighted by Gasteiger charge is -2.49. The molecule has 1 unspecified atom stereocenters. The molecule has 3 aliphatic rings. The molecule has 34 heavy (non-hydrogen) atoms. The van der Waals surface area contributed by atoms with Crippen LogP contribution in [0.4, 0.5) is 0 Å². The van der Waals surface area contributed by atoms with Gasteiger partial charge in [0.2, 0.25) is 11.4 Å². The van der Waals surface area contributed by atoms with Crippen molar-refractivity contribution in [3.8, 4) is 6.07 Å². The van der Waals surface area contributed by atoms with E-state index in [1.54, 1.807) is 13.8 Å². The van der Waals surface area contributed by atoms with Crippen molar-refractivity contribution in [2.75, 3.05) is 0 Å². The smallest absolute Gasteiger partial charge is 0.327 e. The molecule has 0 radical (unpaired) electrons. The maximum atomic E-state index is 13.2. The van der Waals surface area contributed by atoms with Crippen LogP contribution in [-0.2, 0) is 14.4 Å². The molecule has 2 heterocycles. The van der Waals surface area contributed by atoms with Gasteiger partial charge in [-0.15, -0.1) is 23.5 Å². The highest BCUT2D eigenvalue weighted by Crippen LogP contribution is 2.54. The number of amides is 2. The van der Waals surface area contributed by atoms with Gasteiger partial charge in [0.15, 0.2) is 0 Å². The van der Waals surface area contributed by atoms with Crippen LogP contribution in [0.15, 0.2) is 29.2 Å². The molecule has 0 spiro atoms. The predicted octanol–water partition coefficient (Wildman–Crippen LogP) is 4.13. The van der Waals surface area contributed by atoms with Crippen LogP contribution in [0.25, 0.3) is 0 Å². The molecule has 2 aliphatic heterocycles. The standard InChI is InChI=1S/C25H31N3O4S2/c1-4-18(33-17-12-10-16(11-13-17)15-8-6-5-7-9-15)20(29)27-25(14-26)22(32)28-19(21(30)31)24(2,3)34-23(25)28/h10-13,15,18-19,23H,4-9H2,1-3H3,(H,27,29)(H,30,31)/t18?,19-,23+,25-/m0/s1. The van der Waals surface area contributed by atoms with Crippen LogP contribution in [0.3, 0.4) is 0 Å². The molecular weight excluding hydrogens is 470 g/mol. The van der Waals surface area contributed by atoms with E-state index in [1.165, 1.54) is 66.1 Å². The molecule has 7 nitrogen and oxygen atoms in total. The predicted molar refractivity (Wildman–Crippen MR) is 132 cm³/mol. The van der Waals surface area contributed by atoms with Gasteiger partial charge in [0, 0.05) is 9.64 Å². The van der Waals surface area contributed by atoms with Gasteiger partial charge < -0.3 is 15.3 Å². The van der Waals surface area contributed by atoms with E-state index in [-0.39, 0.29) is 5.91 Å². The Morgan fingerprint density at radius 1 is 1.26 bits per heavy atom. The molecule has 182 valence electrons. The van der Waals surface area contributed by atoms with Gasteiger partial charge in [-0.1, -0.05) is 38.3 Å². The van der Waals surface area contributed by atoms with Gasteiger partial charge in [-0.05, 0) is 56.7 Å². The van der Waals surface area contributed by atoms with E-state index in [2.05, 4.69) is 17.4 Å². The van der Waals surface area contributed by atoms with Crippen LogP contribution < -0.4 is 5.32 Å². The zero-order valence-corrected chi connectivity index (χ0v) is 21.4. The number of carbonyl (C=O) groups is 3. The Hall–Kier alpha value is -2.18. The molecule has 1 aliphatic carbocycles. The number of rotatable bonds is 7. The second-order valence-electron chi connectivity index (χ2n) is 9.85. The number of fused-ring (bicyclic) bond motifs is 1. The number of β-lactam (4-membered cyclic amide) rings is 1. The van der Waals surface area contributed by atoms with Gasteiger partial charge in [-0.2, -0.15) is 5.26 Å². The number of nitrogens with one attached hydrogen (secondary N) is 1. The van der Waals surface area contributed by atoms with Crippen molar-refractivity contribution < 1.29 is 19.5 Å². The molecule has 2 N–H and O–H groups in total. The zero-order valence-electron chi connectivity index (χ0n) is 19.7. The summed E-state index contributed by atoms with van der Waals surface area (Å²) in [7, 11) is 0. The maximum absolute atomic E-state index is 13.2. The highest BCUT2D eigenvalue weighted by atomic mass is 32.2. The van der Waals surface area contributed by atoms with Crippen molar-refractivity contribution in [2.45, 2.75) is 97.1 Å². The first-order chi connectivity index (χ1) is 16.1. The average molecular weight is 502 g/mol. The Morgan fingerprint density at radius 2 is 1.91 bits per heavy atom. The summed E-state index contributed by atoms with van der Waals surface area (Å²) in [5.41, 5.74) is -0.388. The van der Waals surface area contributed by atoms with E-state index < -0.39 is 38.8 Å². The molecule has 4 atom stereocenters. The van der Waals surface area contributed by atoms with Gasteiger partial charge in [0.1, 0.15) is 17.5 Å². The van der Waals surface area contributed by atoms with Crippen molar-refractivity contribution in [3.63, 3.8) is 0 Å². The number of carboxylic acid groups (broad SMARTS) is 1. The first kappa shape index (κ1) is 24.9. The van der Waals surface area contributed by atoms with Crippen LogP contribution in [0.2, 0.25) is 0 Å². The van der Waals surface area contributed by atoms with Crippen LogP contribution in [-0.4, -0.2) is 54.7 Å². The van der Waals surface area contributed by atoms with E-state index in [9.17, 15) is 24.8 Å². The Morgan fingerprint density at radius 3 is 2.47 bits per heavy atom. The summed E-state index contributed by atoms with van der Waals surface area (Å²) < 4.78 is -0.769. The van der Waals surface area contributed by atoms with Crippen LogP contribution in [0.5, 0.6) is 0 Å². The minimum Gasteiger partial charge on any atom is -0.480 e. The second kappa shape index (κ2) is 9.46. The van der Waals surface area contributed by atoms with Crippen LogP contribution in [0.1, 0.15) is 70.8 Å². The molecule has 1 aromatic rings. The summed E-state index contributed by atoms with van der Waals surface area (Å²) in [6, 6.07) is 9.37. The number of thioether (sulfide) groups is 2. The van der Waals surface area contributed by atoms with Gasteiger partial charge in [0.25, 0.3) is 5.91 Å². The maximum Gasteiger partial charge on any atom is 0.327 e. The highest BCUT2D eigenvalue weighted by Gasteiger charge is 2.73. The van der Waals surface area contributed by atoms with Crippen LogP contribution >= 0.6 is 23.5 Å². The molecule has 1 aromatic carbocycles. The zero-order chi connectivity index (χ0) is 24.7. The number of benzene rings is 1. The summed E-state index contributed by atoms with van der Waals surface area (Å²) in [6.07, 6.45) is 6.86. The SMILES string of the molecule is CCC(Sc1ccc(C2CCCCC2)cc1)C(=O)N[C@@]1(C#N)C(=O)N2[C@@H](C(=O)O)C(C)(C)S[C@@H]21. The topological polar surface area (TPSA) is 111 Å². The third-order valence-corrected chi connectivity index (χ3v) is 10.2. The number of hydrogen-bond acceptors (Lipinski definition) is 6. The van der Waals surface area contributed by atoms with E-state index in [1.807, 2.05) is 25.1 Å². The van der Waals surface area contributed by atoms with Gasteiger partial charge >= 0.3 is 5.97 Å². The minimum atomic E-state index is -1.73. The molecule has 3 fully saturated rings. The third kappa shape index (κ3) is 4.20. The summed E-state index contributed by atoms with van der Waals surface area (Å²) in [5.74, 6) is -1.51. The molecule has 0 aromatic heterocycles. The number of nitrogens with zero attached hydrogens (tertiary/aromatic N) is 2. The number of carboxylic acids is 1. The first-order valence-corrected chi connectivity index (χ1v) is 13.6. The Labute approximate surface area is 209 Å². The summed E-state index contributed by atoms with van der Waals surface area (Å²) in [5, 5.41) is 21.1. The largest absolute Gasteiger partial charge is 0.480 e. The van der Waals surface area contributed by atoms with E-state index in [0.717, 1.165) is 4.90 Å². The van der Waals surface area contributed by atoms with Crippen molar-refractivity contribution >= 4 is 41.3 Å². The summed E-state index contributed by atoms with van der Waals surface area (Å²) >= 11 is 2.67. The number of nitriles is 1. The Balaban J connectivity index is 1.45. The van der Waals surface area contributed by atoms with Gasteiger partial charge in [0.05, 0.1) is 5.25 Å². The summed E-state index contributed by atoms with van der Waals surface area (Å²) in [6.45, 7) is 5.39. The lowest BCUT2D eigenvalue weighted by atomic mass is 9.84. The molecule has 9 heteroatoms. The monoisotopic (exact) mass is 501 g/mol. The highest BCUT2D eigenvalue weighted by molar-refractivity contribution is 8.01. The third-order valence-electron chi connectivity index (χ3n) is 7.18. The lowest BCUT2D eigenvalue weighted by Crippen LogP contribution is -2.79. The van der Waals surface area contributed by atoms with Gasteiger partial charge in [-0.25, -0.2) is 4.79 Å². The molecule has 4 rings (SSSR count). The molecule has 2 saturated heterocycles. The summed E-state index contributed by atoms with van der Waals surface area (Å²) in [4.78, 5) is 40.2. The molecule has 0 bridgehead atoms. The van der Waals surface area contributed by atoms with Crippen molar-refractivity contribution in [2.24, 2.45) is 0 Å². The number of hydrogen-bond donors (Lipinski definition) is 2. The fraction of sp³-hybridized carbons (Fsp3) is 0.600. The van der Waals surface area contributed by atoms with Crippen LogP contribution in [0, 0.1) is 11.3 Å². The van der Waals surface area contributed by atoms with E-state index in [0.29, 0.717) is 12.3 Å². The lowest BCUT2D eigenvalue weighted by molar-refractivity contribution is -0.165. The second-order valence-corrected chi connectivity index (χ2v) is 12.9. The normalized spacial score (nSPS) is 29.0. The fourth-order valence-electron chi connectivity index (χ4n) is 5.32.